The van der Waals surface area contributed by atoms with E-state index in [1.807, 2.05) is 6.92 Å². The molecule has 0 atom stereocenters. The van der Waals surface area contributed by atoms with E-state index in [-0.39, 0.29) is 0 Å². The summed E-state index contributed by atoms with van der Waals surface area (Å²) in [6, 6.07) is 6.97. The van der Waals surface area contributed by atoms with Gasteiger partial charge in [0.25, 0.3) is 0 Å². The van der Waals surface area contributed by atoms with E-state index in [2.05, 4.69) is 0 Å². The van der Waals surface area contributed by atoms with Crippen LogP contribution in [0.1, 0.15) is 25.3 Å². The molecule has 0 saturated heterocycles. The van der Waals surface area contributed by atoms with E-state index >= 15 is 0 Å². The zero-order valence-corrected chi connectivity index (χ0v) is 9.63. The van der Waals surface area contributed by atoms with Gasteiger partial charge in [-0.1, -0.05) is 31.2 Å². The van der Waals surface area contributed by atoms with Crippen LogP contribution in [0, 0.1) is 0 Å². The van der Waals surface area contributed by atoms with Crippen LogP contribution < -0.4 is 4.74 Å². The van der Waals surface area contributed by atoms with Gasteiger partial charge in [0.05, 0.1) is 13.0 Å². The highest BCUT2D eigenvalue weighted by atomic mass is 19.4. The molecule has 0 heterocycles. The Labute approximate surface area is 98.9 Å². The number of alkyl halides is 3. The van der Waals surface area contributed by atoms with Crippen molar-refractivity contribution in [3.8, 4) is 5.75 Å². The van der Waals surface area contributed by atoms with Gasteiger partial charge < -0.3 is 4.74 Å². The van der Waals surface area contributed by atoms with Crippen LogP contribution >= 0.6 is 0 Å². The van der Waals surface area contributed by atoms with E-state index in [1.165, 1.54) is 6.08 Å². The molecule has 0 amide bonds. The minimum absolute atomic E-state index is 0.642. The molecular weight excluding hydrogens is 229 g/mol. The summed E-state index contributed by atoms with van der Waals surface area (Å²) >= 11 is 0. The largest absolute Gasteiger partial charge is 0.494 e. The van der Waals surface area contributed by atoms with E-state index in [0.717, 1.165) is 23.8 Å². The molecule has 1 nitrogen and oxygen atoms in total. The predicted octanol–water partition coefficient (Wildman–Crippen LogP) is 4.44. The van der Waals surface area contributed by atoms with Gasteiger partial charge in [-0.3, -0.25) is 0 Å². The van der Waals surface area contributed by atoms with Crippen LogP contribution in [0.3, 0.4) is 0 Å². The second kappa shape index (κ2) is 6.33. The molecule has 0 radical (unpaired) electrons. The van der Waals surface area contributed by atoms with Gasteiger partial charge in [-0.25, -0.2) is 0 Å². The molecule has 1 aromatic carbocycles. The number of rotatable bonds is 5. The lowest BCUT2D eigenvalue weighted by Crippen LogP contribution is -2.03. The highest BCUT2D eigenvalue weighted by Crippen LogP contribution is 2.21. The van der Waals surface area contributed by atoms with Crippen molar-refractivity contribution in [3.63, 3.8) is 0 Å². The van der Waals surface area contributed by atoms with Gasteiger partial charge in [-0.05, 0) is 24.1 Å². The quantitative estimate of drug-likeness (QED) is 0.744. The van der Waals surface area contributed by atoms with Crippen LogP contribution in [0.5, 0.6) is 5.75 Å². The minimum Gasteiger partial charge on any atom is -0.494 e. The van der Waals surface area contributed by atoms with Crippen LogP contribution in [0.4, 0.5) is 13.2 Å². The lowest BCUT2D eigenvalue weighted by atomic mass is 10.2. The van der Waals surface area contributed by atoms with Crippen molar-refractivity contribution in [2.24, 2.45) is 0 Å². The summed E-state index contributed by atoms with van der Waals surface area (Å²) in [6.45, 7) is 2.65. The molecule has 0 unspecified atom stereocenters. The van der Waals surface area contributed by atoms with Crippen LogP contribution in [-0.2, 0) is 0 Å². The molecule has 0 aliphatic heterocycles. The third kappa shape index (κ3) is 6.00. The fourth-order valence-corrected chi connectivity index (χ4v) is 1.22. The van der Waals surface area contributed by atoms with Gasteiger partial charge in [0, 0.05) is 0 Å². The highest BCUT2D eigenvalue weighted by molar-refractivity contribution is 5.50. The molecule has 0 saturated carbocycles. The van der Waals surface area contributed by atoms with Crippen LogP contribution in [0.25, 0.3) is 6.08 Å². The lowest BCUT2D eigenvalue weighted by molar-refractivity contribution is -0.124. The summed E-state index contributed by atoms with van der Waals surface area (Å²) in [4.78, 5) is 0. The molecule has 0 aliphatic rings. The molecule has 0 bridgehead atoms. The van der Waals surface area contributed by atoms with Crippen LogP contribution in [0.2, 0.25) is 0 Å². The highest BCUT2D eigenvalue weighted by Gasteiger charge is 2.24. The van der Waals surface area contributed by atoms with Crippen LogP contribution in [-0.4, -0.2) is 12.8 Å². The predicted molar refractivity (Wildman–Crippen MR) is 61.9 cm³/mol. The number of ether oxygens (including phenoxy) is 1. The van der Waals surface area contributed by atoms with E-state index < -0.39 is 12.6 Å². The van der Waals surface area contributed by atoms with Gasteiger partial charge in [-0.15, -0.1) is 0 Å². The van der Waals surface area contributed by atoms with Crippen molar-refractivity contribution < 1.29 is 17.9 Å². The Bertz CT molecular complexity index is 352. The number of halogens is 3. The topological polar surface area (TPSA) is 9.23 Å². The summed E-state index contributed by atoms with van der Waals surface area (Å²) in [5, 5.41) is 0. The first kappa shape index (κ1) is 13.6. The second-order valence-electron chi connectivity index (χ2n) is 3.64. The van der Waals surface area contributed by atoms with Crippen molar-refractivity contribution in [1.82, 2.24) is 0 Å². The third-order valence-corrected chi connectivity index (χ3v) is 2.01. The van der Waals surface area contributed by atoms with Gasteiger partial charge in [0.1, 0.15) is 5.75 Å². The maximum atomic E-state index is 11.9. The number of allylic oxidation sites excluding steroid dienone is 1. The van der Waals surface area contributed by atoms with Gasteiger partial charge >= 0.3 is 6.18 Å². The minimum atomic E-state index is -4.14. The number of benzene rings is 1. The zero-order valence-electron chi connectivity index (χ0n) is 9.63. The fraction of sp³-hybridized carbons (Fsp3) is 0.385. The second-order valence-corrected chi connectivity index (χ2v) is 3.64. The fourth-order valence-electron chi connectivity index (χ4n) is 1.22. The van der Waals surface area contributed by atoms with Crippen molar-refractivity contribution >= 4 is 6.08 Å². The number of hydrogen-bond acceptors (Lipinski definition) is 1. The molecule has 0 N–H and O–H groups in total. The Morgan fingerprint density at radius 2 is 1.82 bits per heavy atom. The first-order valence-electron chi connectivity index (χ1n) is 5.47. The molecule has 0 aliphatic carbocycles. The van der Waals surface area contributed by atoms with Crippen molar-refractivity contribution in [2.45, 2.75) is 25.9 Å². The average molecular weight is 244 g/mol. The van der Waals surface area contributed by atoms with Gasteiger partial charge in [0.15, 0.2) is 0 Å². The summed E-state index contributed by atoms with van der Waals surface area (Å²) in [5.74, 6) is 0.736. The monoisotopic (exact) mass is 244 g/mol. The summed E-state index contributed by atoms with van der Waals surface area (Å²) in [6.07, 6.45) is -1.55. The van der Waals surface area contributed by atoms with Crippen molar-refractivity contribution in [3.05, 3.63) is 35.9 Å². The van der Waals surface area contributed by atoms with Gasteiger partial charge in [-0.2, -0.15) is 13.2 Å². The van der Waals surface area contributed by atoms with E-state index in [9.17, 15) is 13.2 Å². The zero-order chi connectivity index (χ0) is 12.7. The third-order valence-electron chi connectivity index (χ3n) is 2.01. The van der Waals surface area contributed by atoms with E-state index in [0.29, 0.717) is 6.61 Å². The molecule has 1 rings (SSSR count). The maximum absolute atomic E-state index is 11.9. The molecule has 94 valence electrons. The SMILES string of the molecule is CCCOc1ccc(C=CCC(F)(F)F)cc1. The Balaban J connectivity index is 2.50. The molecule has 0 spiro atoms. The Morgan fingerprint density at radius 3 is 2.35 bits per heavy atom. The average Bonchev–Trinajstić information content (AvgIpc) is 2.26. The van der Waals surface area contributed by atoms with Crippen molar-refractivity contribution in [2.75, 3.05) is 6.61 Å². The summed E-state index contributed by atoms with van der Waals surface area (Å²) in [7, 11) is 0. The molecule has 17 heavy (non-hydrogen) atoms. The standard InChI is InChI=1S/C13H15F3O/c1-2-10-17-12-7-5-11(6-8-12)4-3-9-13(14,15)16/h3-8H,2,9-10H2,1H3. The molecular formula is C13H15F3O. The first-order chi connectivity index (χ1) is 8.01. The van der Waals surface area contributed by atoms with E-state index in [1.54, 1.807) is 24.3 Å². The van der Waals surface area contributed by atoms with E-state index in [4.69, 9.17) is 4.74 Å². The molecule has 0 aromatic heterocycles. The molecule has 0 fully saturated rings. The maximum Gasteiger partial charge on any atom is 0.392 e. The number of hydrogen-bond donors (Lipinski definition) is 0. The summed E-state index contributed by atoms with van der Waals surface area (Å²) < 4.78 is 41.0. The molecule has 1 aromatic rings. The van der Waals surface area contributed by atoms with Gasteiger partial charge in [0.2, 0.25) is 0 Å². The Hall–Kier alpha value is -1.45. The lowest BCUT2D eigenvalue weighted by Gasteiger charge is -2.04. The van der Waals surface area contributed by atoms with Crippen molar-refractivity contribution in [1.29, 1.82) is 0 Å². The smallest absolute Gasteiger partial charge is 0.392 e. The normalized spacial score (nSPS) is 12.0. The Kier molecular flexibility index (Phi) is 5.07. The molecule has 4 heteroatoms. The van der Waals surface area contributed by atoms with Crippen LogP contribution in [0.15, 0.2) is 30.3 Å². The first-order valence-corrected chi connectivity index (χ1v) is 5.47. The Morgan fingerprint density at radius 1 is 1.18 bits per heavy atom. The summed E-state index contributed by atoms with van der Waals surface area (Å²) in [5.41, 5.74) is 0.734.